The Hall–Kier alpha value is -2.66. The van der Waals surface area contributed by atoms with Crippen molar-refractivity contribution >= 4 is 17.5 Å². The predicted molar refractivity (Wildman–Crippen MR) is 96.1 cm³/mol. The molecule has 126 valence electrons. The molecule has 0 radical (unpaired) electrons. The molecule has 0 aliphatic carbocycles. The molecule has 0 spiro atoms. The molecule has 3 heterocycles. The van der Waals surface area contributed by atoms with Gasteiger partial charge in [-0.25, -0.2) is 0 Å². The van der Waals surface area contributed by atoms with Crippen LogP contribution in [0.2, 0.25) is 5.02 Å². The van der Waals surface area contributed by atoms with Crippen molar-refractivity contribution in [3.8, 4) is 11.3 Å². The van der Waals surface area contributed by atoms with E-state index in [4.69, 9.17) is 11.6 Å². The molecule has 3 aromatic rings. The van der Waals surface area contributed by atoms with Crippen molar-refractivity contribution in [2.24, 2.45) is 0 Å². The molecular formula is C19H17ClN4O. The summed E-state index contributed by atoms with van der Waals surface area (Å²) < 4.78 is 0. The molecule has 4 rings (SSSR count). The van der Waals surface area contributed by atoms with Gasteiger partial charge in [-0.1, -0.05) is 29.8 Å². The molecule has 1 amide bonds. The molecule has 1 aromatic carbocycles. The number of carbonyl (C=O) groups is 1. The SMILES string of the molecule is O=C(Cc1ccccc1Cl)N1CCc2[nH]nc(-c3ccncc3)c2C1. The van der Waals surface area contributed by atoms with Gasteiger partial charge in [-0.2, -0.15) is 5.10 Å². The molecule has 5 nitrogen and oxygen atoms in total. The number of benzene rings is 1. The van der Waals surface area contributed by atoms with Gasteiger partial charge < -0.3 is 4.90 Å². The van der Waals surface area contributed by atoms with Gasteiger partial charge >= 0.3 is 0 Å². The predicted octanol–water partition coefficient (Wildman–Crippen LogP) is 3.25. The van der Waals surface area contributed by atoms with Gasteiger partial charge in [0.15, 0.2) is 0 Å². The van der Waals surface area contributed by atoms with Crippen LogP contribution in [0.25, 0.3) is 11.3 Å². The fourth-order valence-corrected chi connectivity index (χ4v) is 3.38. The first-order valence-corrected chi connectivity index (χ1v) is 8.58. The zero-order chi connectivity index (χ0) is 17.2. The highest BCUT2D eigenvalue weighted by Gasteiger charge is 2.25. The maximum Gasteiger partial charge on any atom is 0.227 e. The first-order chi connectivity index (χ1) is 12.2. The maximum atomic E-state index is 12.7. The molecule has 0 unspecified atom stereocenters. The molecule has 0 fully saturated rings. The number of pyridine rings is 1. The Balaban J connectivity index is 1.56. The Bertz CT molecular complexity index is 907. The first-order valence-electron chi connectivity index (χ1n) is 8.20. The van der Waals surface area contributed by atoms with Crippen molar-refractivity contribution in [2.45, 2.75) is 19.4 Å². The smallest absolute Gasteiger partial charge is 0.227 e. The molecule has 0 saturated heterocycles. The van der Waals surface area contributed by atoms with Crippen LogP contribution in [0.4, 0.5) is 0 Å². The van der Waals surface area contributed by atoms with Gasteiger partial charge in [-0.05, 0) is 23.8 Å². The van der Waals surface area contributed by atoms with Gasteiger partial charge in [0.25, 0.3) is 0 Å². The summed E-state index contributed by atoms with van der Waals surface area (Å²) in [5, 5.41) is 8.20. The van der Waals surface area contributed by atoms with Crippen molar-refractivity contribution in [1.82, 2.24) is 20.1 Å². The van der Waals surface area contributed by atoms with Gasteiger partial charge in [-0.15, -0.1) is 0 Å². The number of nitrogens with zero attached hydrogens (tertiary/aromatic N) is 3. The fourth-order valence-electron chi connectivity index (χ4n) is 3.17. The number of nitrogens with one attached hydrogen (secondary N) is 1. The number of H-pyrrole nitrogens is 1. The zero-order valence-electron chi connectivity index (χ0n) is 13.6. The molecule has 6 heteroatoms. The summed E-state index contributed by atoms with van der Waals surface area (Å²) in [6, 6.07) is 11.4. The van der Waals surface area contributed by atoms with Crippen LogP contribution in [0.5, 0.6) is 0 Å². The maximum absolute atomic E-state index is 12.7. The summed E-state index contributed by atoms with van der Waals surface area (Å²) in [7, 11) is 0. The number of amides is 1. The van der Waals surface area contributed by atoms with E-state index in [2.05, 4.69) is 15.2 Å². The number of aromatic nitrogens is 3. The molecule has 1 aliphatic heterocycles. The second kappa shape index (κ2) is 6.69. The lowest BCUT2D eigenvalue weighted by atomic mass is 10.0. The second-order valence-corrected chi connectivity index (χ2v) is 6.51. The van der Waals surface area contributed by atoms with Crippen LogP contribution in [0.15, 0.2) is 48.8 Å². The van der Waals surface area contributed by atoms with Crippen LogP contribution in [0.3, 0.4) is 0 Å². The standard InChI is InChI=1S/C19H17ClN4O/c20-16-4-2-1-3-14(16)11-18(25)24-10-7-17-15(12-24)19(23-22-17)13-5-8-21-9-6-13/h1-6,8-9H,7,10-12H2,(H,22,23). The molecule has 0 atom stereocenters. The van der Waals surface area contributed by atoms with E-state index in [1.807, 2.05) is 41.3 Å². The van der Waals surface area contributed by atoms with E-state index in [1.165, 1.54) is 0 Å². The van der Waals surface area contributed by atoms with Crippen LogP contribution < -0.4 is 0 Å². The topological polar surface area (TPSA) is 61.9 Å². The average molecular weight is 353 g/mol. The summed E-state index contributed by atoms with van der Waals surface area (Å²) in [6.45, 7) is 1.25. The quantitative estimate of drug-likeness (QED) is 0.787. The Kier molecular flexibility index (Phi) is 4.24. The Morgan fingerprint density at radius 1 is 1.20 bits per heavy atom. The lowest BCUT2D eigenvalue weighted by Gasteiger charge is -2.27. The number of hydrogen-bond donors (Lipinski definition) is 1. The van der Waals surface area contributed by atoms with Crippen molar-refractivity contribution in [1.29, 1.82) is 0 Å². The van der Waals surface area contributed by atoms with Crippen LogP contribution in [0.1, 0.15) is 16.8 Å². The summed E-state index contributed by atoms with van der Waals surface area (Å²) in [5.41, 5.74) is 4.96. The lowest BCUT2D eigenvalue weighted by Crippen LogP contribution is -2.36. The van der Waals surface area contributed by atoms with Crippen LogP contribution in [0, 0.1) is 0 Å². The number of rotatable bonds is 3. The number of carbonyl (C=O) groups excluding carboxylic acids is 1. The van der Waals surface area contributed by atoms with E-state index in [9.17, 15) is 4.79 Å². The molecule has 1 N–H and O–H groups in total. The van der Waals surface area contributed by atoms with Crippen molar-refractivity contribution < 1.29 is 4.79 Å². The van der Waals surface area contributed by atoms with Gasteiger partial charge in [0, 0.05) is 53.7 Å². The number of halogens is 1. The van der Waals surface area contributed by atoms with Crippen LogP contribution in [-0.2, 0) is 24.2 Å². The molecule has 0 saturated carbocycles. The minimum absolute atomic E-state index is 0.0839. The summed E-state index contributed by atoms with van der Waals surface area (Å²) in [4.78, 5) is 18.7. The van der Waals surface area contributed by atoms with E-state index < -0.39 is 0 Å². The Morgan fingerprint density at radius 3 is 2.80 bits per heavy atom. The third-order valence-electron chi connectivity index (χ3n) is 4.54. The third-order valence-corrected chi connectivity index (χ3v) is 4.91. The van der Waals surface area contributed by atoms with Gasteiger partial charge in [-0.3, -0.25) is 14.9 Å². The van der Waals surface area contributed by atoms with Crippen LogP contribution in [-0.4, -0.2) is 32.5 Å². The van der Waals surface area contributed by atoms with Crippen molar-refractivity contribution in [2.75, 3.05) is 6.54 Å². The first kappa shape index (κ1) is 15.8. The van der Waals surface area contributed by atoms with E-state index >= 15 is 0 Å². The third kappa shape index (κ3) is 3.15. The lowest BCUT2D eigenvalue weighted by molar-refractivity contribution is -0.131. The number of hydrogen-bond acceptors (Lipinski definition) is 3. The zero-order valence-corrected chi connectivity index (χ0v) is 14.3. The van der Waals surface area contributed by atoms with Crippen LogP contribution >= 0.6 is 11.6 Å². The minimum atomic E-state index is 0.0839. The highest BCUT2D eigenvalue weighted by atomic mass is 35.5. The van der Waals surface area contributed by atoms with E-state index in [0.717, 1.165) is 34.5 Å². The number of aromatic amines is 1. The van der Waals surface area contributed by atoms with E-state index in [0.29, 0.717) is 24.5 Å². The fraction of sp³-hybridized carbons (Fsp3) is 0.211. The summed E-state index contributed by atoms with van der Waals surface area (Å²) in [6.07, 6.45) is 4.60. The second-order valence-electron chi connectivity index (χ2n) is 6.10. The van der Waals surface area contributed by atoms with Crippen molar-refractivity contribution in [3.63, 3.8) is 0 Å². The van der Waals surface area contributed by atoms with Crippen molar-refractivity contribution in [3.05, 3.63) is 70.6 Å². The van der Waals surface area contributed by atoms with Gasteiger partial charge in [0.1, 0.15) is 0 Å². The Morgan fingerprint density at radius 2 is 2.00 bits per heavy atom. The Labute approximate surface area is 150 Å². The summed E-state index contributed by atoms with van der Waals surface area (Å²) in [5.74, 6) is 0.0839. The molecule has 1 aliphatic rings. The normalized spacial score (nSPS) is 13.6. The van der Waals surface area contributed by atoms with Gasteiger partial charge in [0.2, 0.25) is 5.91 Å². The highest BCUT2D eigenvalue weighted by Crippen LogP contribution is 2.28. The summed E-state index contributed by atoms with van der Waals surface area (Å²) >= 11 is 6.18. The minimum Gasteiger partial charge on any atom is -0.338 e. The van der Waals surface area contributed by atoms with E-state index in [-0.39, 0.29) is 5.91 Å². The molecule has 2 aromatic heterocycles. The molecule has 0 bridgehead atoms. The van der Waals surface area contributed by atoms with E-state index in [1.54, 1.807) is 12.4 Å². The van der Waals surface area contributed by atoms with Gasteiger partial charge in [0.05, 0.1) is 12.1 Å². The highest BCUT2D eigenvalue weighted by molar-refractivity contribution is 6.31. The largest absolute Gasteiger partial charge is 0.338 e. The number of fused-ring (bicyclic) bond motifs is 1. The average Bonchev–Trinajstić information content (AvgIpc) is 3.07. The molecular weight excluding hydrogens is 336 g/mol. The molecule has 25 heavy (non-hydrogen) atoms. The monoisotopic (exact) mass is 352 g/mol.